The van der Waals surface area contributed by atoms with Crippen LogP contribution in [0.1, 0.15) is 24.9 Å². The highest BCUT2D eigenvalue weighted by molar-refractivity contribution is 5.85. The van der Waals surface area contributed by atoms with Crippen LogP contribution in [0.4, 0.5) is 10.2 Å². The van der Waals surface area contributed by atoms with Gasteiger partial charge in [0.25, 0.3) is 0 Å². The van der Waals surface area contributed by atoms with Gasteiger partial charge in [0.15, 0.2) is 0 Å². The quantitative estimate of drug-likeness (QED) is 0.906. The van der Waals surface area contributed by atoms with Gasteiger partial charge in [-0.3, -0.25) is 0 Å². The SMILES string of the molecule is CC(N)c1ccc(N2CC[C@@H](F)C2)nc1.Cl.Cl. The molecule has 1 unspecified atom stereocenters. The summed E-state index contributed by atoms with van der Waals surface area (Å²) < 4.78 is 13.0. The maximum Gasteiger partial charge on any atom is 0.128 e. The first-order valence-corrected chi connectivity index (χ1v) is 5.27. The molecule has 3 nitrogen and oxygen atoms in total. The van der Waals surface area contributed by atoms with E-state index >= 15 is 0 Å². The van der Waals surface area contributed by atoms with Gasteiger partial charge < -0.3 is 10.6 Å². The molecule has 1 saturated heterocycles. The Labute approximate surface area is 113 Å². The molecule has 0 aliphatic carbocycles. The van der Waals surface area contributed by atoms with Crippen LogP contribution >= 0.6 is 24.8 Å². The third-order valence-electron chi connectivity index (χ3n) is 2.75. The number of aromatic nitrogens is 1. The molecule has 1 fully saturated rings. The first-order valence-electron chi connectivity index (χ1n) is 5.27. The van der Waals surface area contributed by atoms with Gasteiger partial charge in [-0.25, -0.2) is 9.37 Å². The molecule has 0 amide bonds. The first-order chi connectivity index (χ1) is 7.16. The molecule has 0 aromatic carbocycles. The summed E-state index contributed by atoms with van der Waals surface area (Å²) in [5.41, 5.74) is 6.73. The Bertz CT molecular complexity index is 332. The zero-order valence-electron chi connectivity index (χ0n) is 9.67. The topological polar surface area (TPSA) is 42.1 Å². The lowest BCUT2D eigenvalue weighted by Gasteiger charge is -2.16. The minimum atomic E-state index is -0.708. The van der Waals surface area contributed by atoms with Gasteiger partial charge in [-0.15, -0.1) is 24.8 Å². The number of hydrogen-bond donors (Lipinski definition) is 1. The molecule has 1 aromatic heterocycles. The summed E-state index contributed by atoms with van der Waals surface area (Å²) in [6.07, 6.45) is 1.67. The summed E-state index contributed by atoms with van der Waals surface area (Å²) in [4.78, 5) is 6.26. The zero-order valence-corrected chi connectivity index (χ0v) is 11.3. The Morgan fingerprint density at radius 3 is 2.59 bits per heavy atom. The molecule has 0 spiro atoms. The third kappa shape index (κ3) is 3.98. The number of anilines is 1. The van der Waals surface area contributed by atoms with Gasteiger partial charge in [0.05, 0.1) is 6.54 Å². The molecule has 0 radical (unpaired) electrons. The van der Waals surface area contributed by atoms with Gasteiger partial charge in [-0.05, 0) is 25.0 Å². The summed E-state index contributed by atoms with van der Waals surface area (Å²) >= 11 is 0. The summed E-state index contributed by atoms with van der Waals surface area (Å²) in [6.45, 7) is 3.14. The number of hydrogen-bond acceptors (Lipinski definition) is 3. The second kappa shape index (κ2) is 6.99. The Morgan fingerprint density at radius 2 is 2.18 bits per heavy atom. The standard InChI is InChI=1S/C11H16FN3.2ClH/c1-8(13)9-2-3-11(14-6-9)15-5-4-10(12)7-15;;/h2-3,6,8,10H,4-5,7,13H2,1H3;2*1H/t8?,10-;;/m1../s1. The maximum absolute atomic E-state index is 13.0. The predicted octanol–water partition coefficient (Wildman–Crippen LogP) is 2.49. The molecule has 2 N–H and O–H groups in total. The summed E-state index contributed by atoms with van der Waals surface area (Å²) in [6, 6.07) is 3.87. The van der Waals surface area contributed by atoms with E-state index in [1.54, 1.807) is 6.20 Å². The average molecular weight is 282 g/mol. The van der Waals surface area contributed by atoms with Crippen LogP contribution in [0, 0.1) is 0 Å². The van der Waals surface area contributed by atoms with Crippen molar-refractivity contribution in [3.63, 3.8) is 0 Å². The van der Waals surface area contributed by atoms with Crippen molar-refractivity contribution in [2.24, 2.45) is 5.73 Å². The molecule has 17 heavy (non-hydrogen) atoms. The zero-order chi connectivity index (χ0) is 10.8. The van der Waals surface area contributed by atoms with Crippen molar-refractivity contribution < 1.29 is 4.39 Å². The fraction of sp³-hybridized carbons (Fsp3) is 0.545. The molecule has 2 rings (SSSR count). The Hall–Kier alpha value is -0.580. The lowest BCUT2D eigenvalue weighted by atomic mass is 10.1. The normalized spacial score (nSPS) is 20.4. The molecule has 98 valence electrons. The van der Waals surface area contributed by atoms with Crippen LogP contribution in [0.5, 0.6) is 0 Å². The van der Waals surface area contributed by atoms with Gasteiger partial charge in [-0.2, -0.15) is 0 Å². The Morgan fingerprint density at radius 1 is 1.47 bits per heavy atom. The number of pyridine rings is 1. The van der Waals surface area contributed by atoms with Crippen LogP contribution in [0.3, 0.4) is 0 Å². The lowest BCUT2D eigenvalue weighted by molar-refractivity contribution is 0.364. The van der Waals surface area contributed by atoms with Crippen LogP contribution in [0.2, 0.25) is 0 Å². The molecular weight excluding hydrogens is 264 g/mol. The van der Waals surface area contributed by atoms with Crippen molar-refractivity contribution in [3.05, 3.63) is 23.9 Å². The highest BCUT2D eigenvalue weighted by atomic mass is 35.5. The second-order valence-electron chi connectivity index (χ2n) is 4.07. The van der Waals surface area contributed by atoms with E-state index in [1.165, 1.54) is 0 Å². The highest BCUT2D eigenvalue weighted by Crippen LogP contribution is 2.20. The third-order valence-corrected chi connectivity index (χ3v) is 2.75. The van der Waals surface area contributed by atoms with Crippen molar-refractivity contribution in [1.29, 1.82) is 0 Å². The molecule has 0 saturated carbocycles. The van der Waals surface area contributed by atoms with Crippen LogP contribution < -0.4 is 10.6 Å². The first kappa shape index (κ1) is 16.4. The summed E-state index contributed by atoms with van der Waals surface area (Å²) in [5.74, 6) is 0.847. The predicted molar refractivity (Wildman–Crippen MR) is 73.1 cm³/mol. The monoisotopic (exact) mass is 281 g/mol. The highest BCUT2D eigenvalue weighted by Gasteiger charge is 2.22. The Balaban J connectivity index is 0.00000128. The van der Waals surface area contributed by atoms with E-state index in [1.807, 2.05) is 24.0 Å². The van der Waals surface area contributed by atoms with E-state index in [0.717, 1.165) is 17.9 Å². The minimum Gasteiger partial charge on any atom is -0.354 e. The van der Waals surface area contributed by atoms with Crippen LogP contribution in [0.15, 0.2) is 18.3 Å². The molecule has 2 heterocycles. The summed E-state index contributed by atoms with van der Waals surface area (Å²) in [7, 11) is 0. The van der Waals surface area contributed by atoms with Crippen LogP contribution in [-0.2, 0) is 0 Å². The number of halogens is 3. The van der Waals surface area contributed by atoms with Crippen molar-refractivity contribution in [3.8, 4) is 0 Å². The van der Waals surface area contributed by atoms with Gasteiger partial charge in [0, 0.05) is 18.8 Å². The summed E-state index contributed by atoms with van der Waals surface area (Å²) in [5, 5.41) is 0. The molecule has 2 atom stereocenters. The average Bonchev–Trinajstić information content (AvgIpc) is 2.65. The Kier molecular flexibility index (Phi) is 6.75. The smallest absolute Gasteiger partial charge is 0.128 e. The van der Waals surface area contributed by atoms with E-state index in [4.69, 9.17) is 5.73 Å². The van der Waals surface area contributed by atoms with E-state index in [9.17, 15) is 4.39 Å². The van der Waals surface area contributed by atoms with Gasteiger partial charge in [-0.1, -0.05) is 6.07 Å². The van der Waals surface area contributed by atoms with E-state index in [0.29, 0.717) is 13.0 Å². The second-order valence-corrected chi connectivity index (χ2v) is 4.07. The van der Waals surface area contributed by atoms with Gasteiger partial charge in [0.1, 0.15) is 12.0 Å². The molecule has 6 heteroatoms. The minimum absolute atomic E-state index is 0. The van der Waals surface area contributed by atoms with Gasteiger partial charge >= 0.3 is 0 Å². The largest absolute Gasteiger partial charge is 0.354 e. The molecular formula is C11H18Cl2FN3. The van der Waals surface area contributed by atoms with Crippen molar-refractivity contribution in [2.45, 2.75) is 25.6 Å². The van der Waals surface area contributed by atoms with Crippen molar-refractivity contribution in [2.75, 3.05) is 18.0 Å². The van der Waals surface area contributed by atoms with Crippen molar-refractivity contribution >= 4 is 30.6 Å². The van der Waals surface area contributed by atoms with Crippen molar-refractivity contribution in [1.82, 2.24) is 4.98 Å². The molecule has 1 aliphatic rings. The molecule has 0 bridgehead atoms. The number of nitrogens with two attached hydrogens (primary N) is 1. The number of nitrogens with zero attached hydrogens (tertiary/aromatic N) is 2. The number of alkyl halides is 1. The lowest BCUT2D eigenvalue weighted by Crippen LogP contribution is -2.21. The van der Waals surface area contributed by atoms with E-state index in [-0.39, 0.29) is 30.9 Å². The van der Waals surface area contributed by atoms with Crippen LogP contribution in [0.25, 0.3) is 0 Å². The molecule has 1 aliphatic heterocycles. The van der Waals surface area contributed by atoms with Crippen LogP contribution in [-0.4, -0.2) is 24.2 Å². The van der Waals surface area contributed by atoms with E-state index < -0.39 is 6.17 Å². The molecule has 1 aromatic rings. The van der Waals surface area contributed by atoms with E-state index in [2.05, 4.69) is 4.98 Å². The number of rotatable bonds is 2. The van der Waals surface area contributed by atoms with Gasteiger partial charge in [0.2, 0.25) is 0 Å². The fourth-order valence-corrected chi connectivity index (χ4v) is 1.78. The fourth-order valence-electron chi connectivity index (χ4n) is 1.78. The maximum atomic E-state index is 13.0.